The number of aryl methyl sites for hydroxylation is 2. The minimum Gasteiger partial charge on any atom is -0.486 e. The highest BCUT2D eigenvalue weighted by molar-refractivity contribution is 9.10. The standard InChI is InChI=1S/C18H16BrNO7/c1-9-5-16(22)27-10(2)17(9)18(23)26-8-15(21)20-12-7-14-13(6-11(12)19)24-3-4-25-14/h5-7H,3-4,8H2,1-2H3,(H,20,21). The SMILES string of the molecule is Cc1cc(=O)oc(C)c1C(=O)OCC(=O)Nc1cc2c(cc1Br)OCCO2. The lowest BCUT2D eigenvalue weighted by Gasteiger charge is -2.20. The third kappa shape index (κ3) is 4.30. The lowest BCUT2D eigenvalue weighted by atomic mass is 10.1. The van der Waals surface area contributed by atoms with E-state index in [0.29, 0.717) is 40.4 Å². The molecule has 0 aliphatic carbocycles. The summed E-state index contributed by atoms with van der Waals surface area (Å²) in [6, 6.07) is 4.50. The van der Waals surface area contributed by atoms with E-state index >= 15 is 0 Å². The molecule has 27 heavy (non-hydrogen) atoms. The van der Waals surface area contributed by atoms with Crippen LogP contribution in [0.4, 0.5) is 5.69 Å². The number of carbonyl (C=O) groups is 2. The van der Waals surface area contributed by atoms with Gasteiger partial charge in [-0.1, -0.05) is 0 Å². The number of hydrogen-bond acceptors (Lipinski definition) is 7. The van der Waals surface area contributed by atoms with Crippen molar-refractivity contribution in [2.24, 2.45) is 0 Å². The molecule has 2 heterocycles. The van der Waals surface area contributed by atoms with E-state index in [1.807, 2.05) is 0 Å². The Bertz CT molecular complexity index is 941. The Morgan fingerprint density at radius 2 is 1.81 bits per heavy atom. The van der Waals surface area contributed by atoms with Gasteiger partial charge >= 0.3 is 11.6 Å². The molecular weight excluding hydrogens is 422 g/mol. The Morgan fingerprint density at radius 3 is 2.48 bits per heavy atom. The second-order valence-electron chi connectivity index (χ2n) is 5.78. The number of esters is 1. The lowest BCUT2D eigenvalue weighted by Crippen LogP contribution is -2.22. The summed E-state index contributed by atoms with van der Waals surface area (Å²) in [5.74, 6) is -0.0464. The maximum absolute atomic E-state index is 12.2. The molecule has 0 fully saturated rings. The number of benzene rings is 1. The lowest BCUT2D eigenvalue weighted by molar-refractivity contribution is -0.119. The quantitative estimate of drug-likeness (QED) is 0.732. The van der Waals surface area contributed by atoms with E-state index in [9.17, 15) is 14.4 Å². The van der Waals surface area contributed by atoms with Crippen LogP contribution in [0.15, 0.2) is 31.9 Å². The van der Waals surface area contributed by atoms with Crippen molar-refractivity contribution in [1.82, 2.24) is 0 Å². The van der Waals surface area contributed by atoms with Crippen LogP contribution in [0, 0.1) is 13.8 Å². The zero-order valence-corrected chi connectivity index (χ0v) is 16.2. The Kier molecular flexibility index (Phi) is 5.50. The van der Waals surface area contributed by atoms with Gasteiger partial charge in [0.05, 0.1) is 5.69 Å². The van der Waals surface area contributed by atoms with Crippen molar-refractivity contribution in [3.8, 4) is 11.5 Å². The molecule has 1 N–H and O–H groups in total. The first-order valence-corrected chi connectivity index (χ1v) is 8.82. The number of fused-ring (bicyclic) bond motifs is 1. The third-order valence-corrected chi connectivity index (χ3v) is 4.43. The van der Waals surface area contributed by atoms with Crippen molar-refractivity contribution < 1.29 is 28.2 Å². The van der Waals surface area contributed by atoms with Gasteiger partial charge in [-0.3, -0.25) is 4.79 Å². The third-order valence-electron chi connectivity index (χ3n) is 3.78. The van der Waals surface area contributed by atoms with E-state index < -0.39 is 24.1 Å². The maximum Gasteiger partial charge on any atom is 0.342 e. The summed E-state index contributed by atoms with van der Waals surface area (Å²) in [6.45, 7) is 3.45. The van der Waals surface area contributed by atoms with E-state index in [0.717, 1.165) is 0 Å². The average Bonchev–Trinajstić information content (AvgIpc) is 2.59. The monoisotopic (exact) mass is 437 g/mol. The molecule has 0 unspecified atom stereocenters. The van der Waals surface area contributed by atoms with E-state index in [2.05, 4.69) is 21.2 Å². The van der Waals surface area contributed by atoms with Crippen LogP contribution in [-0.2, 0) is 9.53 Å². The van der Waals surface area contributed by atoms with Gasteiger partial charge < -0.3 is 23.9 Å². The number of amides is 1. The van der Waals surface area contributed by atoms with Crippen molar-refractivity contribution in [3.63, 3.8) is 0 Å². The molecule has 3 rings (SSSR count). The highest BCUT2D eigenvalue weighted by Gasteiger charge is 2.19. The first kappa shape index (κ1) is 19.0. The van der Waals surface area contributed by atoms with Crippen LogP contribution in [0.3, 0.4) is 0 Å². The molecule has 0 radical (unpaired) electrons. The van der Waals surface area contributed by atoms with Crippen LogP contribution in [0.2, 0.25) is 0 Å². The van der Waals surface area contributed by atoms with E-state index in [4.69, 9.17) is 18.6 Å². The topological polar surface area (TPSA) is 104 Å². The molecule has 8 nitrogen and oxygen atoms in total. The van der Waals surface area contributed by atoms with Crippen LogP contribution in [0.1, 0.15) is 21.7 Å². The zero-order valence-electron chi connectivity index (χ0n) is 14.6. The largest absolute Gasteiger partial charge is 0.486 e. The summed E-state index contributed by atoms with van der Waals surface area (Å²) < 4.78 is 21.5. The van der Waals surface area contributed by atoms with Gasteiger partial charge in [0.15, 0.2) is 18.1 Å². The molecule has 1 aromatic carbocycles. The van der Waals surface area contributed by atoms with Crippen LogP contribution < -0.4 is 20.4 Å². The molecule has 0 spiro atoms. The van der Waals surface area contributed by atoms with Gasteiger partial charge in [-0.2, -0.15) is 0 Å². The first-order valence-electron chi connectivity index (χ1n) is 8.02. The molecule has 1 amide bonds. The Hall–Kier alpha value is -2.81. The van der Waals surface area contributed by atoms with Gasteiger partial charge in [-0.15, -0.1) is 0 Å². The maximum atomic E-state index is 12.2. The highest BCUT2D eigenvalue weighted by atomic mass is 79.9. The van der Waals surface area contributed by atoms with Gasteiger partial charge in [-0.05, 0) is 35.3 Å². The van der Waals surface area contributed by atoms with Crippen molar-refractivity contribution in [1.29, 1.82) is 0 Å². The second-order valence-corrected chi connectivity index (χ2v) is 6.63. The molecule has 0 bridgehead atoms. The zero-order chi connectivity index (χ0) is 19.6. The van der Waals surface area contributed by atoms with E-state index in [1.165, 1.54) is 13.0 Å². The summed E-state index contributed by atoms with van der Waals surface area (Å²) in [5.41, 5.74) is 0.452. The van der Waals surface area contributed by atoms with Crippen LogP contribution in [0.5, 0.6) is 11.5 Å². The fraction of sp³-hybridized carbons (Fsp3) is 0.278. The van der Waals surface area contributed by atoms with Gasteiger partial charge in [0.25, 0.3) is 5.91 Å². The molecule has 1 aliphatic rings. The summed E-state index contributed by atoms with van der Waals surface area (Å²) in [6.07, 6.45) is 0. The molecule has 1 aliphatic heterocycles. The molecule has 2 aromatic rings. The van der Waals surface area contributed by atoms with Gasteiger partial charge in [-0.25, -0.2) is 9.59 Å². The summed E-state index contributed by atoms with van der Waals surface area (Å²) >= 11 is 3.35. The number of rotatable bonds is 4. The molecule has 142 valence electrons. The summed E-state index contributed by atoms with van der Waals surface area (Å²) in [5, 5.41) is 2.63. The average molecular weight is 438 g/mol. The van der Waals surface area contributed by atoms with Crippen LogP contribution >= 0.6 is 15.9 Å². The van der Waals surface area contributed by atoms with Crippen LogP contribution in [0.25, 0.3) is 0 Å². The summed E-state index contributed by atoms with van der Waals surface area (Å²) in [4.78, 5) is 35.6. The molecule has 1 aromatic heterocycles. The number of ether oxygens (including phenoxy) is 3. The molecular formula is C18H16BrNO7. The predicted octanol–water partition coefficient (Wildman–Crippen LogP) is 2.59. The van der Waals surface area contributed by atoms with Gasteiger partial charge in [0.2, 0.25) is 0 Å². The fourth-order valence-corrected chi connectivity index (χ4v) is 3.03. The van der Waals surface area contributed by atoms with Gasteiger partial charge in [0.1, 0.15) is 24.5 Å². The van der Waals surface area contributed by atoms with E-state index in [1.54, 1.807) is 19.1 Å². The fourth-order valence-electron chi connectivity index (χ4n) is 2.61. The Balaban J connectivity index is 1.65. The van der Waals surface area contributed by atoms with Gasteiger partial charge in [0, 0.05) is 22.7 Å². The van der Waals surface area contributed by atoms with Crippen molar-refractivity contribution in [2.75, 3.05) is 25.1 Å². The smallest absolute Gasteiger partial charge is 0.342 e. The number of anilines is 1. The second kappa shape index (κ2) is 7.83. The molecule has 9 heteroatoms. The number of nitrogens with one attached hydrogen (secondary N) is 1. The molecule has 0 saturated carbocycles. The first-order chi connectivity index (χ1) is 12.8. The Labute approximate surface area is 162 Å². The number of halogens is 1. The van der Waals surface area contributed by atoms with Crippen molar-refractivity contribution in [2.45, 2.75) is 13.8 Å². The van der Waals surface area contributed by atoms with Crippen LogP contribution in [-0.4, -0.2) is 31.7 Å². The highest BCUT2D eigenvalue weighted by Crippen LogP contribution is 2.38. The Morgan fingerprint density at radius 1 is 1.15 bits per heavy atom. The van der Waals surface area contributed by atoms with Crippen molar-refractivity contribution >= 4 is 33.5 Å². The predicted molar refractivity (Wildman–Crippen MR) is 98.5 cm³/mol. The summed E-state index contributed by atoms with van der Waals surface area (Å²) in [7, 11) is 0. The van der Waals surface area contributed by atoms with Crippen molar-refractivity contribution in [3.05, 3.63) is 50.0 Å². The molecule has 0 atom stereocenters. The number of hydrogen-bond donors (Lipinski definition) is 1. The minimum absolute atomic E-state index is 0.128. The normalized spacial score (nSPS) is 12.4. The van der Waals surface area contributed by atoms with E-state index in [-0.39, 0.29) is 11.3 Å². The molecule has 0 saturated heterocycles. The number of carbonyl (C=O) groups excluding carboxylic acids is 2. The minimum atomic E-state index is -0.745.